The van der Waals surface area contributed by atoms with Gasteiger partial charge < -0.3 is 20.8 Å². The lowest BCUT2D eigenvalue weighted by molar-refractivity contribution is -0.159. The summed E-state index contributed by atoms with van der Waals surface area (Å²) in [7, 11) is 0. The molecule has 31 heavy (non-hydrogen) atoms. The van der Waals surface area contributed by atoms with Gasteiger partial charge in [-0.15, -0.1) is 0 Å². The van der Waals surface area contributed by atoms with Crippen molar-refractivity contribution in [3.8, 4) is 0 Å². The number of nitrogens with one attached hydrogen (secondary N) is 2. The molecule has 8 heteroatoms. The van der Waals surface area contributed by atoms with E-state index in [4.69, 9.17) is 19.8 Å². The fourth-order valence-electron chi connectivity index (χ4n) is 3.79. The molecule has 0 saturated carbocycles. The first-order valence-corrected chi connectivity index (χ1v) is 9.68. The summed E-state index contributed by atoms with van der Waals surface area (Å²) < 4.78 is 13.4. The zero-order valence-corrected chi connectivity index (χ0v) is 17.1. The largest absolute Gasteiger partial charge is 0.473 e. The summed E-state index contributed by atoms with van der Waals surface area (Å²) in [5.41, 5.74) is 4.45. The standard InChI is InChI=1S/C21H21FN2O.C2H2O4/c1-21(2)11-17-19(18(25)12-21)20(13-7-9-14(22)10-8-13)24-16-6-4-3-5-15(16)23-17;3-1(4)2(5)6/h3-10,20,23-24H,11-12H2,1-2H3;(H,3,4)(H,5,6). The summed E-state index contributed by atoms with van der Waals surface area (Å²) in [6.07, 6.45) is 1.32. The summed E-state index contributed by atoms with van der Waals surface area (Å²) in [6, 6.07) is 14.0. The number of Topliss-reactive ketones (excluding diaryl/α,β-unsaturated/α-hetero) is 1. The van der Waals surface area contributed by atoms with Gasteiger partial charge in [-0.25, -0.2) is 14.0 Å². The number of carboxylic acids is 2. The van der Waals surface area contributed by atoms with Crippen molar-refractivity contribution in [3.63, 3.8) is 0 Å². The molecule has 1 aliphatic carbocycles. The molecular formula is C23H23FN2O5. The number of rotatable bonds is 1. The van der Waals surface area contributed by atoms with Crippen LogP contribution in [0.2, 0.25) is 0 Å². The van der Waals surface area contributed by atoms with Crippen molar-refractivity contribution >= 4 is 29.1 Å². The molecule has 2 aromatic carbocycles. The number of benzene rings is 2. The Labute approximate surface area is 178 Å². The molecule has 1 unspecified atom stereocenters. The number of anilines is 2. The van der Waals surface area contributed by atoms with Crippen molar-refractivity contribution in [2.24, 2.45) is 5.41 Å². The van der Waals surface area contributed by atoms with E-state index >= 15 is 0 Å². The van der Waals surface area contributed by atoms with Crippen molar-refractivity contribution in [1.29, 1.82) is 0 Å². The predicted octanol–water partition coefficient (Wildman–Crippen LogP) is 4.20. The summed E-state index contributed by atoms with van der Waals surface area (Å²) in [5, 5.41) is 21.8. The van der Waals surface area contributed by atoms with E-state index in [1.165, 1.54) is 12.1 Å². The summed E-state index contributed by atoms with van der Waals surface area (Å²) >= 11 is 0. The van der Waals surface area contributed by atoms with E-state index in [0.717, 1.165) is 34.6 Å². The fraction of sp³-hybridized carbons (Fsp3) is 0.261. The summed E-state index contributed by atoms with van der Waals surface area (Å²) in [4.78, 5) is 31.2. The van der Waals surface area contributed by atoms with Gasteiger partial charge >= 0.3 is 11.9 Å². The first kappa shape index (κ1) is 22.0. The van der Waals surface area contributed by atoms with Gasteiger partial charge in [0, 0.05) is 17.7 Å². The highest BCUT2D eigenvalue weighted by Crippen LogP contribution is 2.45. The number of hydrogen-bond donors (Lipinski definition) is 4. The molecule has 0 bridgehead atoms. The third-order valence-electron chi connectivity index (χ3n) is 5.11. The SMILES string of the molecule is CC1(C)CC(=O)C2=C(C1)Nc1ccccc1NC2c1ccc(F)cc1.O=C(O)C(=O)O. The Morgan fingerprint density at radius 3 is 2.13 bits per heavy atom. The molecule has 0 radical (unpaired) electrons. The molecular weight excluding hydrogens is 403 g/mol. The van der Waals surface area contributed by atoms with Crippen molar-refractivity contribution < 1.29 is 29.0 Å². The van der Waals surface area contributed by atoms with Crippen molar-refractivity contribution in [2.45, 2.75) is 32.7 Å². The minimum absolute atomic E-state index is 0.0739. The van der Waals surface area contributed by atoms with Crippen LogP contribution in [0, 0.1) is 11.2 Å². The van der Waals surface area contributed by atoms with Gasteiger partial charge in [0.2, 0.25) is 0 Å². The number of halogens is 1. The third-order valence-corrected chi connectivity index (χ3v) is 5.11. The lowest BCUT2D eigenvalue weighted by Crippen LogP contribution is -2.31. The number of allylic oxidation sites excluding steroid dienone is 1. The molecule has 4 rings (SSSR count). The number of fused-ring (bicyclic) bond motifs is 1. The van der Waals surface area contributed by atoms with Crippen LogP contribution in [0.1, 0.15) is 38.3 Å². The van der Waals surface area contributed by atoms with Crippen LogP contribution in [0.25, 0.3) is 0 Å². The Morgan fingerprint density at radius 1 is 0.968 bits per heavy atom. The molecule has 0 saturated heterocycles. The number of para-hydroxylation sites is 2. The van der Waals surface area contributed by atoms with Gasteiger partial charge in [0.25, 0.3) is 0 Å². The zero-order chi connectivity index (χ0) is 22.8. The maximum absolute atomic E-state index is 13.4. The van der Waals surface area contributed by atoms with Crippen molar-refractivity contribution in [3.05, 3.63) is 71.2 Å². The van der Waals surface area contributed by atoms with Crippen LogP contribution in [0.5, 0.6) is 0 Å². The Balaban J connectivity index is 0.000000401. The Kier molecular flexibility index (Phi) is 6.10. The van der Waals surface area contributed by atoms with E-state index in [1.807, 2.05) is 24.3 Å². The van der Waals surface area contributed by atoms with E-state index in [-0.39, 0.29) is 23.1 Å². The molecule has 4 N–H and O–H groups in total. The second-order valence-electron chi connectivity index (χ2n) is 8.24. The van der Waals surface area contributed by atoms with Crippen molar-refractivity contribution in [1.82, 2.24) is 0 Å². The summed E-state index contributed by atoms with van der Waals surface area (Å²) in [5.74, 6) is -3.78. The molecule has 1 atom stereocenters. The number of ketones is 1. The first-order chi connectivity index (χ1) is 14.6. The van der Waals surface area contributed by atoms with E-state index in [0.29, 0.717) is 6.42 Å². The molecule has 2 aliphatic rings. The highest BCUT2D eigenvalue weighted by Gasteiger charge is 2.38. The lowest BCUT2D eigenvalue weighted by atomic mass is 9.73. The number of hydrogen-bond acceptors (Lipinski definition) is 5. The molecule has 0 amide bonds. The smallest absolute Gasteiger partial charge is 0.414 e. The molecule has 7 nitrogen and oxygen atoms in total. The average molecular weight is 426 g/mol. The molecule has 2 aromatic rings. The van der Waals surface area contributed by atoms with Gasteiger partial charge in [-0.1, -0.05) is 38.1 Å². The van der Waals surface area contributed by atoms with E-state index in [9.17, 15) is 9.18 Å². The normalized spacial score (nSPS) is 18.8. The molecule has 1 heterocycles. The van der Waals surface area contributed by atoms with Crippen LogP contribution in [0.4, 0.5) is 15.8 Å². The zero-order valence-electron chi connectivity index (χ0n) is 17.1. The molecule has 0 fully saturated rings. The highest BCUT2D eigenvalue weighted by atomic mass is 19.1. The second-order valence-corrected chi connectivity index (χ2v) is 8.24. The minimum atomic E-state index is -1.82. The topological polar surface area (TPSA) is 116 Å². The van der Waals surface area contributed by atoms with Gasteiger partial charge in [-0.3, -0.25) is 4.79 Å². The quantitative estimate of drug-likeness (QED) is 0.505. The Morgan fingerprint density at radius 2 is 1.55 bits per heavy atom. The maximum Gasteiger partial charge on any atom is 0.414 e. The van der Waals surface area contributed by atoms with Crippen molar-refractivity contribution in [2.75, 3.05) is 10.6 Å². The second kappa shape index (κ2) is 8.59. The van der Waals surface area contributed by atoms with Gasteiger partial charge in [-0.2, -0.15) is 0 Å². The van der Waals surface area contributed by atoms with Gasteiger partial charge in [0.15, 0.2) is 5.78 Å². The average Bonchev–Trinajstić information content (AvgIpc) is 2.84. The molecule has 162 valence electrons. The summed E-state index contributed by atoms with van der Waals surface area (Å²) in [6.45, 7) is 4.24. The van der Waals surface area contributed by atoms with Crippen LogP contribution in [-0.2, 0) is 14.4 Å². The number of carbonyl (C=O) groups excluding carboxylic acids is 1. The fourth-order valence-corrected chi connectivity index (χ4v) is 3.79. The molecule has 0 spiro atoms. The molecule has 1 aliphatic heterocycles. The third kappa shape index (κ3) is 5.09. The van der Waals surface area contributed by atoms with Crippen LogP contribution < -0.4 is 10.6 Å². The first-order valence-electron chi connectivity index (χ1n) is 9.68. The lowest BCUT2D eigenvalue weighted by Gasteiger charge is -2.34. The number of aliphatic carboxylic acids is 2. The monoisotopic (exact) mass is 426 g/mol. The van der Waals surface area contributed by atoms with Crippen LogP contribution in [-0.4, -0.2) is 27.9 Å². The van der Waals surface area contributed by atoms with Crippen LogP contribution >= 0.6 is 0 Å². The van der Waals surface area contributed by atoms with Gasteiger partial charge in [0.1, 0.15) is 5.82 Å². The molecule has 0 aromatic heterocycles. The van der Waals surface area contributed by atoms with Gasteiger partial charge in [-0.05, 0) is 41.7 Å². The highest BCUT2D eigenvalue weighted by molar-refractivity contribution is 6.27. The van der Waals surface area contributed by atoms with Crippen LogP contribution in [0.3, 0.4) is 0 Å². The Hall–Kier alpha value is -3.68. The van der Waals surface area contributed by atoms with E-state index in [2.05, 4.69) is 24.5 Å². The number of carbonyl (C=O) groups is 3. The predicted molar refractivity (Wildman–Crippen MR) is 113 cm³/mol. The Bertz CT molecular complexity index is 1050. The maximum atomic E-state index is 13.4. The number of carboxylic acid groups (broad SMARTS) is 2. The van der Waals surface area contributed by atoms with E-state index in [1.54, 1.807) is 12.1 Å². The minimum Gasteiger partial charge on any atom is -0.473 e. The van der Waals surface area contributed by atoms with Gasteiger partial charge in [0.05, 0.1) is 17.4 Å². The van der Waals surface area contributed by atoms with E-state index < -0.39 is 11.9 Å². The van der Waals surface area contributed by atoms with Crippen LogP contribution in [0.15, 0.2) is 59.8 Å².